The lowest BCUT2D eigenvalue weighted by Gasteiger charge is -2.21. The number of pyridine rings is 1. The Balaban J connectivity index is 2.16. The van der Waals surface area contributed by atoms with Gasteiger partial charge in [0.15, 0.2) is 0 Å². The fourth-order valence-corrected chi connectivity index (χ4v) is 2.96. The molecular formula is C16H18F2N2O. The van der Waals surface area contributed by atoms with Crippen LogP contribution in [0.2, 0.25) is 0 Å². The van der Waals surface area contributed by atoms with E-state index < -0.39 is 6.61 Å². The molecule has 3 nitrogen and oxygen atoms in total. The van der Waals surface area contributed by atoms with Crippen LogP contribution in [0.25, 0.3) is 10.9 Å². The molecule has 0 bridgehead atoms. The Morgan fingerprint density at radius 1 is 1.29 bits per heavy atom. The average molecular weight is 292 g/mol. The number of benzene rings is 1. The lowest BCUT2D eigenvalue weighted by molar-refractivity contribution is -0.0497. The van der Waals surface area contributed by atoms with Gasteiger partial charge in [0.25, 0.3) is 0 Å². The molecule has 1 N–H and O–H groups in total. The summed E-state index contributed by atoms with van der Waals surface area (Å²) in [6.45, 7) is 0.00237. The van der Waals surface area contributed by atoms with E-state index in [1.54, 1.807) is 18.2 Å². The minimum atomic E-state index is -2.81. The zero-order valence-corrected chi connectivity index (χ0v) is 12.0. The lowest BCUT2D eigenvalue weighted by atomic mass is 9.92. The van der Waals surface area contributed by atoms with E-state index in [4.69, 9.17) is 4.98 Å². The van der Waals surface area contributed by atoms with Gasteiger partial charge in [-0.2, -0.15) is 8.78 Å². The van der Waals surface area contributed by atoms with Gasteiger partial charge in [0, 0.05) is 23.3 Å². The van der Waals surface area contributed by atoms with Crippen LogP contribution < -0.4 is 10.1 Å². The van der Waals surface area contributed by atoms with Crippen molar-refractivity contribution in [2.75, 3.05) is 11.9 Å². The van der Waals surface area contributed by atoms with Crippen molar-refractivity contribution < 1.29 is 13.5 Å². The first-order chi connectivity index (χ1) is 10.2. The van der Waals surface area contributed by atoms with Gasteiger partial charge < -0.3 is 10.1 Å². The molecule has 0 amide bonds. The Labute approximate surface area is 122 Å². The molecule has 0 saturated heterocycles. The van der Waals surface area contributed by atoms with E-state index in [0.29, 0.717) is 0 Å². The first-order valence-corrected chi connectivity index (χ1v) is 7.33. The lowest BCUT2D eigenvalue weighted by Crippen LogP contribution is -2.11. The molecule has 0 fully saturated rings. The third kappa shape index (κ3) is 2.77. The predicted molar refractivity (Wildman–Crippen MR) is 79.2 cm³/mol. The van der Waals surface area contributed by atoms with E-state index >= 15 is 0 Å². The molecule has 0 radical (unpaired) electrons. The molecular weight excluding hydrogens is 274 g/mol. The van der Waals surface area contributed by atoms with Crippen LogP contribution in [0.1, 0.15) is 31.0 Å². The zero-order chi connectivity index (χ0) is 14.8. The molecule has 0 aliphatic heterocycles. The normalized spacial score (nSPS) is 14.3. The fraction of sp³-hybridized carbons (Fsp3) is 0.438. The molecule has 0 unspecified atom stereocenters. The predicted octanol–water partition coefficient (Wildman–Crippen LogP) is 4.15. The number of nitrogens with one attached hydrogen (secondary N) is 1. The summed E-state index contributed by atoms with van der Waals surface area (Å²) in [7, 11) is 0. The van der Waals surface area contributed by atoms with Gasteiger partial charge >= 0.3 is 6.61 Å². The van der Waals surface area contributed by atoms with Crippen molar-refractivity contribution in [2.24, 2.45) is 0 Å². The summed E-state index contributed by atoms with van der Waals surface area (Å²) >= 11 is 0. The number of nitrogens with zero attached hydrogens (tertiary/aromatic N) is 1. The van der Waals surface area contributed by atoms with Crippen LogP contribution >= 0.6 is 0 Å². The number of halogens is 2. The molecule has 1 heterocycles. The van der Waals surface area contributed by atoms with Crippen LogP contribution in [0.5, 0.6) is 5.75 Å². The van der Waals surface area contributed by atoms with Crippen molar-refractivity contribution in [1.29, 1.82) is 0 Å². The first-order valence-electron chi connectivity index (χ1n) is 7.33. The second-order valence-electron chi connectivity index (χ2n) is 5.21. The molecule has 1 aliphatic carbocycles. The van der Waals surface area contributed by atoms with Crippen molar-refractivity contribution in [3.8, 4) is 5.75 Å². The number of ether oxygens (including phenoxy) is 1. The molecule has 5 heteroatoms. The summed E-state index contributed by atoms with van der Waals surface area (Å²) in [6.07, 6.45) is 4.27. The number of hydrogen-bond donors (Lipinski definition) is 1. The molecule has 21 heavy (non-hydrogen) atoms. The minimum Gasteiger partial charge on any atom is -0.435 e. The Morgan fingerprint density at radius 3 is 2.86 bits per heavy atom. The Hall–Kier alpha value is -1.91. The second kappa shape index (κ2) is 5.84. The quantitative estimate of drug-likeness (QED) is 0.919. The maximum Gasteiger partial charge on any atom is 0.387 e. The van der Waals surface area contributed by atoms with Gasteiger partial charge in [0.2, 0.25) is 0 Å². The highest BCUT2D eigenvalue weighted by atomic mass is 19.3. The smallest absolute Gasteiger partial charge is 0.387 e. The zero-order valence-electron chi connectivity index (χ0n) is 12.0. The van der Waals surface area contributed by atoms with Gasteiger partial charge in [-0.25, -0.2) is 0 Å². The molecule has 1 aromatic heterocycles. The van der Waals surface area contributed by atoms with E-state index in [1.165, 1.54) is 5.56 Å². The van der Waals surface area contributed by atoms with Crippen molar-refractivity contribution in [3.05, 3.63) is 29.5 Å². The van der Waals surface area contributed by atoms with E-state index in [1.807, 2.05) is 6.92 Å². The molecule has 2 aromatic rings. The van der Waals surface area contributed by atoms with Gasteiger partial charge in [0.1, 0.15) is 5.75 Å². The number of fused-ring (bicyclic) bond motifs is 2. The molecule has 0 saturated carbocycles. The van der Waals surface area contributed by atoms with E-state index in [0.717, 1.165) is 54.5 Å². The average Bonchev–Trinajstić information content (AvgIpc) is 2.47. The maximum atomic E-state index is 12.4. The largest absolute Gasteiger partial charge is 0.435 e. The highest BCUT2D eigenvalue weighted by Gasteiger charge is 2.18. The summed E-state index contributed by atoms with van der Waals surface area (Å²) in [5.74, 6) is 0.175. The number of anilines is 1. The number of hydrogen-bond acceptors (Lipinski definition) is 3. The van der Waals surface area contributed by atoms with Crippen LogP contribution in [0.15, 0.2) is 18.2 Å². The van der Waals surface area contributed by atoms with Crippen LogP contribution in [0, 0.1) is 0 Å². The van der Waals surface area contributed by atoms with Gasteiger partial charge in [0.05, 0.1) is 5.52 Å². The van der Waals surface area contributed by atoms with Crippen molar-refractivity contribution >= 4 is 16.6 Å². The summed E-state index contributed by atoms with van der Waals surface area (Å²) in [6, 6.07) is 4.95. The molecule has 0 spiro atoms. The summed E-state index contributed by atoms with van der Waals surface area (Å²) in [5.41, 5.74) is 4.21. The summed E-state index contributed by atoms with van der Waals surface area (Å²) in [5, 5.41) is 4.23. The van der Waals surface area contributed by atoms with Gasteiger partial charge in [-0.1, -0.05) is 0 Å². The number of aromatic nitrogens is 1. The van der Waals surface area contributed by atoms with E-state index in [2.05, 4.69) is 10.1 Å². The Kier molecular flexibility index (Phi) is 3.90. The summed E-state index contributed by atoms with van der Waals surface area (Å²) in [4.78, 5) is 4.70. The molecule has 1 aliphatic rings. The highest BCUT2D eigenvalue weighted by Crippen LogP contribution is 2.35. The van der Waals surface area contributed by atoms with E-state index in [9.17, 15) is 8.78 Å². The molecule has 0 atom stereocenters. The van der Waals surface area contributed by atoms with Gasteiger partial charge in [-0.15, -0.1) is 0 Å². The second-order valence-corrected chi connectivity index (χ2v) is 5.21. The Bertz CT molecular complexity index is 658. The molecule has 112 valence electrons. The number of alkyl halides is 2. The van der Waals surface area contributed by atoms with Gasteiger partial charge in [-0.3, -0.25) is 4.98 Å². The Morgan fingerprint density at radius 2 is 2.10 bits per heavy atom. The fourth-order valence-electron chi connectivity index (χ4n) is 2.96. The molecule has 3 rings (SSSR count). The standard InChI is InChI=1S/C16H18F2N2O/c1-2-19-15-11-5-3-4-6-13(11)20-14-8-7-10(9-12(14)15)21-16(17)18/h7-9,16H,2-6H2,1H3,(H,19,20). The SMILES string of the molecule is CCNc1c2c(nc3ccc(OC(F)F)cc13)CCCC2. The monoisotopic (exact) mass is 292 g/mol. The van der Waals surface area contributed by atoms with Crippen LogP contribution in [0.3, 0.4) is 0 Å². The third-order valence-electron chi connectivity index (χ3n) is 3.81. The number of aryl methyl sites for hydroxylation is 1. The summed E-state index contributed by atoms with van der Waals surface area (Å²) < 4.78 is 29.3. The molecule has 1 aromatic carbocycles. The van der Waals surface area contributed by atoms with Crippen molar-refractivity contribution in [1.82, 2.24) is 4.98 Å². The first kappa shape index (κ1) is 14.0. The topological polar surface area (TPSA) is 34.2 Å². The minimum absolute atomic E-state index is 0.175. The maximum absolute atomic E-state index is 12.4. The van der Waals surface area contributed by atoms with Gasteiger partial charge in [-0.05, 0) is 56.4 Å². The van der Waals surface area contributed by atoms with Crippen LogP contribution in [-0.4, -0.2) is 18.1 Å². The highest BCUT2D eigenvalue weighted by molar-refractivity contribution is 5.94. The van der Waals surface area contributed by atoms with Crippen LogP contribution in [0.4, 0.5) is 14.5 Å². The van der Waals surface area contributed by atoms with E-state index in [-0.39, 0.29) is 5.75 Å². The van der Waals surface area contributed by atoms with Crippen LogP contribution in [-0.2, 0) is 12.8 Å². The third-order valence-corrected chi connectivity index (χ3v) is 3.81. The number of rotatable bonds is 4. The van der Waals surface area contributed by atoms with Crippen molar-refractivity contribution in [2.45, 2.75) is 39.2 Å². The van der Waals surface area contributed by atoms with Crippen molar-refractivity contribution in [3.63, 3.8) is 0 Å².